The molecule has 1 saturated heterocycles. The third kappa shape index (κ3) is 4.35. The zero-order chi connectivity index (χ0) is 14.6. The van der Waals surface area contributed by atoms with Gasteiger partial charge in [0.25, 0.3) is 0 Å². The van der Waals surface area contributed by atoms with E-state index in [1.165, 1.54) is 12.8 Å². The number of nitrogens with zero attached hydrogens (tertiary/aromatic N) is 2. The largest absolute Gasteiger partial charge is 0.373 e. The Hall–Kier alpha value is -0.810. The van der Waals surface area contributed by atoms with Gasteiger partial charge in [-0.1, -0.05) is 0 Å². The lowest BCUT2D eigenvalue weighted by Crippen LogP contribution is -2.49. The van der Waals surface area contributed by atoms with E-state index in [4.69, 9.17) is 4.74 Å². The number of nitrogens with one attached hydrogen (secondary N) is 2. The summed E-state index contributed by atoms with van der Waals surface area (Å²) in [6.07, 6.45) is 4.98. The van der Waals surface area contributed by atoms with Crippen molar-refractivity contribution in [3.8, 4) is 0 Å². The van der Waals surface area contributed by atoms with Gasteiger partial charge in [0.2, 0.25) is 0 Å². The molecule has 2 atom stereocenters. The molecule has 2 fully saturated rings. The van der Waals surface area contributed by atoms with Crippen molar-refractivity contribution < 1.29 is 4.74 Å². The van der Waals surface area contributed by atoms with Crippen LogP contribution in [0.2, 0.25) is 0 Å². The molecule has 0 spiro atoms. The van der Waals surface area contributed by atoms with Crippen molar-refractivity contribution in [1.82, 2.24) is 15.5 Å². The number of hydrogen-bond donors (Lipinski definition) is 2. The van der Waals surface area contributed by atoms with Crippen LogP contribution in [0.1, 0.15) is 39.5 Å². The van der Waals surface area contributed by atoms with Crippen molar-refractivity contribution in [2.45, 2.75) is 57.2 Å². The van der Waals surface area contributed by atoms with E-state index in [1.54, 1.807) is 0 Å². The molecule has 0 amide bonds. The maximum atomic E-state index is 5.79. The Morgan fingerprint density at radius 3 is 2.75 bits per heavy atom. The normalized spacial score (nSPS) is 28.8. The van der Waals surface area contributed by atoms with Crippen molar-refractivity contribution in [1.29, 1.82) is 0 Å². The first kappa shape index (κ1) is 15.6. The summed E-state index contributed by atoms with van der Waals surface area (Å²) < 4.78 is 5.79. The highest BCUT2D eigenvalue weighted by Gasteiger charge is 2.30. The molecule has 2 rings (SSSR count). The fourth-order valence-corrected chi connectivity index (χ4v) is 2.70. The molecule has 2 aliphatic rings. The van der Waals surface area contributed by atoms with Crippen LogP contribution >= 0.6 is 0 Å². The summed E-state index contributed by atoms with van der Waals surface area (Å²) in [5.41, 5.74) is -0.0337. The molecule has 0 bridgehead atoms. The fraction of sp³-hybridized carbons (Fsp3) is 0.933. The van der Waals surface area contributed by atoms with Crippen LogP contribution in [0.3, 0.4) is 0 Å². The van der Waals surface area contributed by atoms with Crippen LogP contribution < -0.4 is 10.6 Å². The van der Waals surface area contributed by atoms with Gasteiger partial charge in [0.05, 0.1) is 5.60 Å². The number of aliphatic imine (C=N–C) groups is 1. The predicted octanol–water partition coefficient (Wildman–Crippen LogP) is 1.20. The van der Waals surface area contributed by atoms with Gasteiger partial charge >= 0.3 is 0 Å². The summed E-state index contributed by atoms with van der Waals surface area (Å²) >= 11 is 0. The summed E-state index contributed by atoms with van der Waals surface area (Å²) in [5, 5.41) is 6.80. The molecule has 116 valence electrons. The Kier molecular flexibility index (Phi) is 5.27. The van der Waals surface area contributed by atoms with Crippen molar-refractivity contribution in [2.75, 3.05) is 33.8 Å². The van der Waals surface area contributed by atoms with Crippen LogP contribution in [0, 0.1) is 0 Å². The highest BCUT2D eigenvalue weighted by molar-refractivity contribution is 5.79. The van der Waals surface area contributed by atoms with Gasteiger partial charge in [0.1, 0.15) is 0 Å². The quantitative estimate of drug-likeness (QED) is 0.568. The highest BCUT2D eigenvalue weighted by Crippen LogP contribution is 2.26. The van der Waals surface area contributed by atoms with Gasteiger partial charge in [-0.2, -0.15) is 0 Å². The third-order valence-corrected chi connectivity index (χ3v) is 4.54. The first-order valence-electron chi connectivity index (χ1n) is 7.84. The van der Waals surface area contributed by atoms with E-state index in [0.29, 0.717) is 6.04 Å². The minimum absolute atomic E-state index is 0.0337. The average Bonchev–Trinajstić information content (AvgIpc) is 3.20. The number of guanidine groups is 1. The lowest BCUT2D eigenvalue weighted by atomic mass is 10.0. The van der Waals surface area contributed by atoms with Crippen molar-refractivity contribution in [2.24, 2.45) is 4.99 Å². The van der Waals surface area contributed by atoms with Crippen LogP contribution in [0.15, 0.2) is 4.99 Å². The minimum atomic E-state index is -0.0337. The topological polar surface area (TPSA) is 48.9 Å². The van der Waals surface area contributed by atoms with E-state index in [-0.39, 0.29) is 5.60 Å². The van der Waals surface area contributed by atoms with E-state index in [2.05, 4.69) is 41.4 Å². The summed E-state index contributed by atoms with van der Waals surface area (Å²) in [6, 6.07) is 1.33. The molecular formula is C15H30N4O. The van der Waals surface area contributed by atoms with Crippen LogP contribution in [-0.4, -0.2) is 62.3 Å². The Morgan fingerprint density at radius 2 is 2.20 bits per heavy atom. The van der Waals surface area contributed by atoms with E-state index in [9.17, 15) is 0 Å². The van der Waals surface area contributed by atoms with Crippen molar-refractivity contribution >= 4 is 5.96 Å². The van der Waals surface area contributed by atoms with Gasteiger partial charge in [-0.05, 0) is 46.6 Å². The molecule has 1 aliphatic heterocycles. The molecule has 0 radical (unpaired) electrons. The molecule has 0 aromatic carbocycles. The van der Waals surface area contributed by atoms with E-state index >= 15 is 0 Å². The molecule has 2 N–H and O–H groups in total. The highest BCUT2D eigenvalue weighted by atomic mass is 16.5. The van der Waals surface area contributed by atoms with Crippen LogP contribution in [0.4, 0.5) is 0 Å². The predicted molar refractivity (Wildman–Crippen MR) is 83.2 cm³/mol. The van der Waals surface area contributed by atoms with E-state index < -0.39 is 0 Å². The standard InChI is InChI=1S/C15H30N4O/c1-12(19(4)13-6-7-13)10-17-14(16-3)18-11-15(2)8-5-9-20-15/h12-13H,5-11H2,1-4H3,(H2,16,17,18). The lowest BCUT2D eigenvalue weighted by molar-refractivity contribution is 0.0242. The van der Waals surface area contributed by atoms with Gasteiger partial charge in [0.15, 0.2) is 5.96 Å². The van der Waals surface area contributed by atoms with Crippen LogP contribution in [0.25, 0.3) is 0 Å². The molecule has 5 heteroatoms. The minimum Gasteiger partial charge on any atom is -0.373 e. The Labute approximate surface area is 123 Å². The summed E-state index contributed by atoms with van der Waals surface area (Å²) in [5.74, 6) is 0.873. The molecule has 5 nitrogen and oxygen atoms in total. The average molecular weight is 282 g/mol. The molecule has 2 unspecified atom stereocenters. The fourth-order valence-electron chi connectivity index (χ4n) is 2.70. The molecule has 1 saturated carbocycles. The van der Waals surface area contributed by atoms with Crippen LogP contribution in [-0.2, 0) is 4.74 Å². The first-order chi connectivity index (χ1) is 9.54. The van der Waals surface area contributed by atoms with Gasteiger partial charge < -0.3 is 15.4 Å². The molecule has 1 heterocycles. The Morgan fingerprint density at radius 1 is 1.45 bits per heavy atom. The maximum Gasteiger partial charge on any atom is 0.191 e. The first-order valence-corrected chi connectivity index (χ1v) is 7.84. The van der Waals surface area contributed by atoms with Gasteiger partial charge in [-0.3, -0.25) is 9.89 Å². The van der Waals surface area contributed by atoms with E-state index in [0.717, 1.165) is 44.5 Å². The van der Waals surface area contributed by atoms with Crippen molar-refractivity contribution in [3.63, 3.8) is 0 Å². The molecule has 0 aromatic heterocycles. The van der Waals surface area contributed by atoms with E-state index in [1.807, 2.05) is 7.05 Å². The Bertz CT molecular complexity index is 335. The second kappa shape index (κ2) is 6.76. The van der Waals surface area contributed by atoms with Gasteiger partial charge in [0, 0.05) is 38.8 Å². The molecule has 20 heavy (non-hydrogen) atoms. The molecule has 0 aromatic rings. The number of ether oxygens (including phenoxy) is 1. The zero-order valence-corrected chi connectivity index (χ0v) is 13.4. The second-order valence-corrected chi connectivity index (χ2v) is 6.45. The van der Waals surface area contributed by atoms with Crippen molar-refractivity contribution in [3.05, 3.63) is 0 Å². The molecular weight excluding hydrogens is 252 g/mol. The summed E-state index contributed by atoms with van der Waals surface area (Å²) in [6.45, 7) is 7.06. The maximum absolute atomic E-state index is 5.79. The summed E-state index contributed by atoms with van der Waals surface area (Å²) in [7, 11) is 4.04. The van der Waals surface area contributed by atoms with Gasteiger partial charge in [-0.25, -0.2) is 0 Å². The summed E-state index contributed by atoms with van der Waals surface area (Å²) in [4.78, 5) is 6.75. The SMILES string of the molecule is CN=C(NCC(C)N(C)C1CC1)NCC1(C)CCCO1. The monoisotopic (exact) mass is 282 g/mol. The lowest BCUT2D eigenvalue weighted by Gasteiger charge is -2.27. The second-order valence-electron chi connectivity index (χ2n) is 6.45. The molecule has 1 aliphatic carbocycles. The number of likely N-dealkylation sites (N-methyl/N-ethyl adjacent to an activating group) is 1. The Balaban J connectivity index is 1.69. The smallest absolute Gasteiger partial charge is 0.191 e. The zero-order valence-electron chi connectivity index (χ0n) is 13.4. The van der Waals surface area contributed by atoms with Gasteiger partial charge in [-0.15, -0.1) is 0 Å². The van der Waals surface area contributed by atoms with Crippen LogP contribution in [0.5, 0.6) is 0 Å². The number of hydrogen-bond acceptors (Lipinski definition) is 3. The third-order valence-electron chi connectivity index (χ3n) is 4.54. The number of rotatable bonds is 6.